The molecule has 1 rings (SSSR count). The highest BCUT2D eigenvalue weighted by molar-refractivity contribution is 6.05. The van der Waals surface area contributed by atoms with Crippen molar-refractivity contribution in [2.75, 3.05) is 6.61 Å². The van der Waals surface area contributed by atoms with E-state index in [9.17, 15) is 9.59 Å². The van der Waals surface area contributed by atoms with Crippen molar-refractivity contribution in [3.8, 4) is 0 Å². The summed E-state index contributed by atoms with van der Waals surface area (Å²) < 4.78 is 0. The van der Waals surface area contributed by atoms with Crippen LogP contribution in [-0.2, 0) is 9.59 Å². The lowest BCUT2D eigenvalue weighted by molar-refractivity contribution is -0.128. The van der Waals surface area contributed by atoms with E-state index in [1.165, 1.54) is 0 Å². The molecule has 0 radical (unpaired) electrons. The third kappa shape index (κ3) is 1.64. The summed E-state index contributed by atoms with van der Waals surface area (Å²) >= 11 is 0. The number of carbonyl (C=O) groups is 2. The van der Waals surface area contributed by atoms with Gasteiger partial charge in [-0.1, -0.05) is 6.92 Å². The quantitative estimate of drug-likeness (QED) is 0.578. The SMILES string of the molecule is CC1(CCCO)CC(=O)NC1=O. The van der Waals surface area contributed by atoms with Gasteiger partial charge >= 0.3 is 0 Å². The van der Waals surface area contributed by atoms with Crippen LogP contribution in [-0.4, -0.2) is 23.5 Å². The number of carbonyl (C=O) groups excluding carboxylic acids is 2. The molecule has 0 saturated carbocycles. The largest absolute Gasteiger partial charge is 0.396 e. The van der Waals surface area contributed by atoms with Crippen LogP contribution in [0.4, 0.5) is 0 Å². The summed E-state index contributed by atoms with van der Waals surface area (Å²) in [5.74, 6) is -0.415. The van der Waals surface area contributed by atoms with Crippen LogP contribution in [0.1, 0.15) is 26.2 Å². The number of amides is 2. The van der Waals surface area contributed by atoms with E-state index in [1.807, 2.05) is 0 Å². The molecule has 2 N–H and O–H groups in total. The molecule has 0 bridgehead atoms. The van der Waals surface area contributed by atoms with Crippen LogP contribution in [0.15, 0.2) is 0 Å². The van der Waals surface area contributed by atoms with Gasteiger partial charge in [0.1, 0.15) is 0 Å². The first kappa shape index (κ1) is 9.19. The Hall–Kier alpha value is -0.900. The summed E-state index contributed by atoms with van der Waals surface area (Å²) in [6.07, 6.45) is 1.39. The smallest absolute Gasteiger partial charge is 0.233 e. The molecule has 1 fully saturated rings. The van der Waals surface area contributed by atoms with Crippen LogP contribution in [0.5, 0.6) is 0 Å². The highest BCUT2D eigenvalue weighted by Gasteiger charge is 2.41. The van der Waals surface area contributed by atoms with Gasteiger partial charge in [0.25, 0.3) is 0 Å². The topological polar surface area (TPSA) is 66.4 Å². The van der Waals surface area contributed by atoms with Gasteiger partial charge in [-0.2, -0.15) is 0 Å². The van der Waals surface area contributed by atoms with Crippen molar-refractivity contribution < 1.29 is 14.7 Å². The van der Waals surface area contributed by atoms with Gasteiger partial charge in [0.05, 0.1) is 5.41 Å². The summed E-state index contributed by atoms with van der Waals surface area (Å²) in [4.78, 5) is 22.0. The van der Waals surface area contributed by atoms with Crippen LogP contribution in [0.25, 0.3) is 0 Å². The number of rotatable bonds is 3. The Morgan fingerprint density at radius 2 is 2.25 bits per heavy atom. The van der Waals surface area contributed by atoms with Crippen molar-refractivity contribution in [3.63, 3.8) is 0 Å². The molecule has 0 spiro atoms. The fourth-order valence-electron chi connectivity index (χ4n) is 1.43. The first-order valence-electron chi connectivity index (χ1n) is 4.04. The molecule has 0 aromatic rings. The zero-order valence-electron chi connectivity index (χ0n) is 7.09. The Kier molecular flexibility index (Phi) is 2.47. The summed E-state index contributed by atoms with van der Waals surface area (Å²) in [7, 11) is 0. The number of imide groups is 1. The van der Waals surface area contributed by atoms with E-state index < -0.39 is 5.41 Å². The molecule has 4 nitrogen and oxygen atoms in total. The van der Waals surface area contributed by atoms with E-state index in [0.717, 1.165) is 0 Å². The number of hydrogen-bond donors (Lipinski definition) is 2. The van der Waals surface area contributed by atoms with E-state index in [4.69, 9.17) is 5.11 Å². The van der Waals surface area contributed by atoms with Crippen LogP contribution in [0.2, 0.25) is 0 Å². The monoisotopic (exact) mass is 171 g/mol. The van der Waals surface area contributed by atoms with Crippen LogP contribution in [0.3, 0.4) is 0 Å². The number of aliphatic hydroxyl groups is 1. The Morgan fingerprint density at radius 3 is 2.67 bits per heavy atom. The molecule has 1 aliphatic heterocycles. The van der Waals surface area contributed by atoms with Crippen LogP contribution < -0.4 is 5.32 Å². The average molecular weight is 171 g/mol. The van der Waals surface area contributed by atoms with Crippen LogP contribution in [0, 0.1) is 5.41 Å². The van der Waals surface area contributed by atoms with Crippen molar-refractivity contribution in [3.05, 3.63) is 0 Å². The maximum Gasteiger partial charge on any atom is 0.233 e. The van der Waals surface area contributed by atoms with Crippen molar-refractivity contribution >= 4 is 11.8 Å². The molecule has 1 unspecified atom stereocenters. The second-order valence-electron chi connectivity index (χ2n) is 3.44. The molecule has 1 atom stereocenters. The van der Waals surface area contributed by atoms with Gasteiger partial charge in [0.15, 0.2) is 0 Å². The molecule has 2 amide bonds. The van der Waals surface area contributed by atoms with Crippen molar-refractivity contribution in [1.29, 1.82) is 0 Å². The average Bonchev–Trinajstić information content (AvgIpc) is 2.23. The third-order valence-corrected chi connectivity index (χ3v) is 2.24. The van der Waals surface area contributed by atoms with Gasteiger partial charge in [-0.05, 0) is 12.8 Å². The van der Waals surface area contributed by atoms with E-state index >= 15 is 0 Å². The second-order valence-corrected chi connectivity index (χ2v) is 3.44. The van der Waals surface area contributed by atoms with Crippen molar-refractivity contribution in [2.24, 2.45) is 5.41 Å². The minimum Gasteiger partial charge on any atom is -0.396 e. The van der Waals surface area contributed by atoms with Gasteiger partial charge in [-0.15, -0.1) is 0 Å². The lowest BCUT2D eigenvalue weighted by Gasteiger charge is -2.17. The fraction of sp³-hybridized carbons (Fsp3) is 0.750. The number of aliphatic hydroxyl groups excluding tert-OH is 1. The van der Waals surface area contributed by atoms with E-state index in [2.05, 4.69) is 5.32 Å². The number of nitrogens with one attached hydrogen (secondary N) is 1. The lowest BCUT2D eigenvalue weighted by Crippen LogP contribution is -2.29. The zero-order chi connectivity index (χ0) is 9.19. The molecule has 68 valence electrons. The first-order valence-corrected chi connectivity index (χ1v) is 4.04. The Morgan fingerprint density at radius 1 is 1.58 bits per heavy atom. The van der Waals surface area contributed by atoms with Crippen LogP contribution >= 0.6 is 0 Å². The summed E-state index contributed by atoms with van der Waals surface area (Å²) in [6.45, 7) is 1.82. The molecular formula is C8H13NO3. The predicted molar refractivity (Wildman–Crippen MR) is 42.2 cm³/mol. The first-order chi connectivity index (χ1) is 5.58. The molecule has 0 aliphatic carbocycles. The van der Waals surface area contributed by atoms with E-state index in [1.54, 1.807) is 6.92 Å². The van der Waals surface area contributed by atoms with E-state index in [-0.39, 0.29) is 24.8 Å². The molecule has 1 heterocycles. The van der Waals surface area contributed by atoms with Gasteiger partial charge in [0.2, 0.25) is 11.8 Å². The lowest BCUT2D eigenvalue weighted by atomic mass is 9.84. The summed E-state index contributed by atoms with van der Waals surface area (Å²) in [6, 6.07) is 0. The molecule has 0 aromatic heterocycles. The highest BCUT2D eigenvalue weighted by atomic mass is 16.3. The molecule has 1 aliphatic rings. The van der Waals surface area contributed by atoms with Crippen molar-refractivity contribution in [2.45, 2.75) is 26.2 Å². The van der Waals surface area contributed by atoms with Gasteiger partial charge in [-0.25, -0.2) is 0 Å². The zero-order valence-corrected chi connectivity index (χ0v) is 7.09. The van der Waals surface area contributed by atoms with Gasteiger partial charge in [-0.3, -0.25) is 14.9 Å². The molecule has 12 heavy (non-hydrogen) atoms. The highest BCUT2D eigenvalue weighted by Crippen LogP contribution is 2.31. The standard InChI is InChI=1S/C8H13NO3/c1-8(3-2-4-10)5-6(11)9-7(8)12/h10H,2-5H2,1H3,(H,9,11,12). The van der Waals surface area contributed by atoms with Gasteiger partial charge < -0.3 is 5.11 Å². The predicted octanol–water partition coefficient (Wildman–Crippen LogP) is -0.188. The van der Waals surface area contributed by atoms with E-state index in [0.29, 0.717) is 12.8 Å². The number of hydrogen-bond acceptors (Lipinski definition) is 3. The fourth-order valence-corrected chi connectivity index (χ4v) is 1.43. The summed E-state index contributed by atoms with van der Waals surface area (Å²) in [5, 5.41) is 10.8. The minimum absolute atomic E-state index is 0.0665. The van der Waals surface area contributed by atoms with Crippen molar-refractivity contribution in [1.82, 2.24) is 5.32 Å². The normalized spacial score (nSPS) is 29.2. The Balaban J connectivity index is 2.58. The maximum atomic E-state index is 11.2. The minimum atomic E-state index is -0.584. The molecular weight excluding hydrogens is 158 g/mol. The third-order valence-electron chi connectivity index (χ3n) is 2.24. The maximum absolute atomic E-state index is 11.2. The second kappa shape index (κ2) is 3.23. The van der Waals surface area contributed by atoms with Gasteiger partial charge in [0, 0.05) is 13.0 Å². The summed E-state index contributed by atoms with van der Waals surface area (Å²) in [5.41, 5.74) is -0.584. The Bertz CT molecular complexity index is 214. The molecule has 1 saturated heterocycles. The molecule has 0 aromatic carbocycles. The molecule has 4 heteroatoms. The Labute approximate surface area is 71.0 Å².